The second kappa shape index (κ2) is 10.2. The first-order valence-electron chi connectivity index (χ1n) is 11.4. The van der Waals surface area contributed by atoms with Crippen LogP contribution in [0.2, 0.25) is 0 Å². The summed E-state index contributed by atoms with van der Waals surface area (Å²) in [5.74, 6) is 1.57. The molecule has 0 aliphatic heterocycles. The molecule has 1 aliphatic carbocycles. The summed E-state index contributed by atoms with van der Waals surface area (Å²) in [5.41, 5.74) is 3.09. The molecule has 188 valence electrons. The average Bonchev–Trinajstić information content (AvgIpc) is 3.46. The molecule has 2 heterocycles. The molecule has 12 heteroatoms. The van der Waals surface area contributed by atoms with Gasteiger partial charge in [-0.25, -0.2) is 20.1 Å². The van der Waals surface area contributed by atoms with E-state index >= 15 is 0 Å². The molecule has 3 atom stereocenters. The number of hydrogen-bond acceptors (Lipinski definition) is 9. The van der Waals surface area contributed by atoms with Crippen LogP contribution in [0.3, 0.4) is 0 Å². The third-order valence-electron chi connectivity index (χ3n) is 6.11. The Bertz CT molecular complexity index is 1430. The molecule has 5 rings (SSSR count). The van der Waals surface area contributed by atoms with Gasteiger partial charge < -0.3 is 20.1 Å². The normalized spacial score (nSPS) is 20.0. The van der Waals surface area contributed by atoms with Crippen LogP contribution in [-0.4, -0.2) is 52.2 Å². The van der Waals surface area contributed by atoms with E-state index in [0.29, 0.717) is 42.3 Å². The lowest BCUT2D eigenvalue weighted by Gasteiger charge is -2.13. The number of aliphatic hydroxyl groups excluding tert-OH is 1. The van der Waals surface area contributed by atoms with Crippen molar-refractivity contribution in [3.8, 4) is 17.1 Å². The minimum atomic E-state index is -4.06. The van der Waals surface area contributed by atoms with Gasteiger partial charge in [-0.15, -0.1) is 0 Å². The van der Waals surface area contributed by atoms with Crippen molar-refractivity contribution in [3.05, 3.63) is 66.5 Å². The minimum Gasteiger partial charge on any atom is -0.489 e. The highest BCUT2D eigenvalue weighted by Gasteiger charge is 2.34. The summed E-state index contributed by atoms with van der Waals surface area (Å²) in [4.78, 5) is 16.5. The van der Waals surface area contributed by atoms with Gasteiger partial charge in [-0.1, -0.05) is 30.3 Å². The van der Waals surface area contributed by atoms with E-state index in [1.54, 1.807) is 0 Å². The van der Waals surface area contributed by atoms with Gasteiger partial charge in [-0.3, -0.25) is 4.18 Å². The Kier molecular flexibility index (Phi) is 6.83. The second-order valence-corrected chi connectivity index (χ2v) is 9.94. The van der Waals surface area contributed by atoms with Crippen LogP contribution in [0.25, 0.3) is 22.6 Å². The average molecular weight is 511 g/mol. The van der Waals surface area contributed by atoms with E-state index in [1.807, 2.05) is 54.6 Å². The molecule has 0 radical (unpaired) electrons. The molecule has 1 saturated carbocycles. The standard InChI is InChI=1S/C24H26N6O5S/c25-36(32,33)35-13-17-10-18(11-20(17)31)28-23-21-24(27-14-26-23)30-22(29-21)16-6-8-19(9-7-16)34-12-15-4-2-1-3-5-15/h1-9,14,17-18,20,31H,10-13H2,(H2,25,32,33)(H2,26,27,28,29,30). The number of ether oxygens (including phenoxy) is 1. The van der Waals surface area contributed by atoms with Gasteiger partial charge in [0, 0.05) is 17.5 Å². The molecule has 1 fully saturated rings. The quantitative estimate of drug-likeness (QED) is 0.264. The van der Waals surface area contributed by atoms with Crippen molar-refractivity contribution in [1.82, 2.24) is 19.9 Å². The summed E-state index contributed by atoms with van der Waals surface area (Å²) >= 11 is 0. The number of nitrogens with one attached hydrogen (secondary N) is 2. The molecule has 5 N–H and O–H groups in total. The van der Waals surface area contributed by atoms with Crippen LogP contribution in [0.1, 0.15) is 18.4 Å². The van der Waals surface area contributed by atoms with Gasteiger partial charge in [-0.2, -0.15) is 8.42 Å². The Hall–Kier alpha value is -3.58. The molecule has 0 spiro atoms. The molecule has 2 aromatic carbocycles. The summed E-state index contributed by atoms with van der Waals surface area (Å²) < 4.78 is 32.7. The summed E-state index contributed by atoms with van der Waals surface area (Å²) in [6.07, 6.45) is 1.60. The van der Waals surface area contributed by atoms with Gasteiger partial charge in [0.15, 0.2) is 11.5 Å². The largest absolute Gasteiger partial charge is 0.489 e. The van der Waals surface area contributed by atoms with Crippen molar-refractivity contribution in [2.75, 3.05) is 11.9 Å². The summed E-state index contributed by atoms with van der Waals surface area (Å²) in [5, 5.41) is 18.5. The van der Waals surface area contributed by atoms with Crippen LogP contribution in [0.5, 0.6) is 5.75 Å². The zero-order chi connectivity index (χ0) is 25.1. The molecule has 0 bridgehead atoms. The fraction of sp³-hybridized carbons (Fsp3) is 0.292. The molecule has 2 aromatic heterocycles. The van der Waals surface area contributed by atoms with Crippen molar-refractivity contribution in [2.45, 2.75) is 31.6 Å². The lowest BCUT2D eigenvalue weighted by atomic mass is 10.1. The molecule has 4 aromatic rings. The van der Waals surface area contributed by atoms with Crippen LogP contribution in [0, 0.1) is 5.92 Å². The lowest BCUT2D eigenvalue weighted by molar-refractivity contribution is 0.101. The summed E-state index contributed by atoms with van der Waals surface area (Å²) in [6, 6.07) is 17.4. The zero-order valence-corrected chi connectivity index (χ0v) is 20.1. The number of fused-ring (bicyclic) bond motifs is 1. The Morgan fingerprint density at radius 2 is 1.86 bits per heavy atom. The Balaban J connectivity index is 1.26. The van der Waals surface area contributed by atoms with E-state index in [4.69, 9.17) is 9.88 Å². The predicted octanol–water partition coefficient (Wildman–Crippen LogP) is 2.37. The number of benzene rings is 2. The van der Waals surface area contributed by atoms with Crippen molar-refractivity contribution in [3.63, 3.8) is 0 Å². The van der Waals surface area contributed by atoms with Gasteiger partial charge in [0.25, 0.3) is 0 Å². The maximum absolute atomic E-state index is 11.1. The third-order valence-corrected chi connectivity index (χ3v) is 6.57. The number of anilines is 1. The number of hydrogen-bond donors (Lipinski definition) is 4. The number of nitrogens with two attached hydrogens (primary N) is 1. The molecule has 1 aliphatic rings. The molecule has 11 nitrogen and oxygen atoms in total. The van der Waals surface area contributed by atoms with E-state index in [1.165, 1.54) is 6.33 Å². The summed E-state index contributed by atoms with van der Waals surface area (Å²) in [7, 11) is -4.06. The van der Waals surface area contributed by atoms with Crippen LogP contribution < -0.4 is 15.2 Å². The number of nitrogens with zero attached hydrogens (tertiary/aromatic N) is 3. The number of imidazole rings is 1. The number of aromatic nitrogens is 4. The molecule has 36 heavy (non-hydrogen) atoms. The van der Waals surface area contributed by atoms with Crippen molar-refractivity contribution in [2.24, 2.45) is 11.1 Å². The third kappa shape index (κ3) is 5.79. The number of rotatable bonds is 9. The van der Waals surface area contributed by atoms with Crippen molar-refractivity contribution < 1.29 is 22.4 Å². The topological polar surface area (TPSA) is 165 Å². The molecule has 0 saturated heterocycles. The van der Waals surface area contributed by atoms with Gasteiger partial charge >= 0.3 is 10.3 Å². The molecular weight excluding hydrogens is 484 g/mol. The summed E-state index contributed by atoms with van der Waals surface area (Å²) in [6.45, 7) is 0.316. The lowest BCUT2D eigenvalue weighted by Crippen LogP contribution is -2.24. The van der Waals surface area contributed by atoms with Gasteiger partial charge in [0.05, 0.1) is 12.7 Å². The smallest absolute Gasteiger partial charge is 0.333 e. The first kappa shape index (κ1) is 24.1. The molecule has 0 amide bonds. The fourth-order valence-electron chi connectivity index (χ4n) is 4.30. The molecule has 3 unspecified atom stereocenters. The predicted molar refractivity (Wildman–Crippen MR) is 133 cm³/mol. The van der Waals surface area contributed by atoms with E-state index in [0.717, 1.165) is 16.9 Å². The van der Waals surface area contributed by atoms with Crippen LogP contribution >= 0.6 is 0 Å². The highest BCUT2D eigenvalue weighted by molar-refractivity contribution is 7.84. The molecular formula is C24H26N6O5S. The minimum absolute atomic E-state index is 0.139. The van der Waals surface area contributed by atoms with Crippen molar-refractivity contribution in [1.29, 1.82) is 0 Å². The number of aromatic amines is 1. The SMILES string of the molecule is NS(=O)(=O)OCC1CC(Nc2ncnc3nc(-c4ccc(OCc5ccccc5)cc4)[nH]c23)CC1O. The second-order valence-electron chi connectivity index (χ2n) is 8.72. The van der Waals surface area contributed by atoms with E-state index in [-0.39, 0.29) is 18.6 Å². The highest BCUT2D eigenvalue weighted by Crippen LogP contribution is 2.31. The number of aliphatic hydroxyl groups is 1. The maximum atomic E-state index is 11.1. The van der Waals surface area contributed by atoms with Crippen LogP contribution in [-0.2, 0) is 21.1 Å². The van der Waals surface area contributed by atoms with Crippen LogP contribution in [0.15, 0.2) is 60.9 Å². The van der Waals surface area contributed by atoms with Gasteiger partial charge in [0.2, 0.25) is 0 Å². The first-order chi connectivity index (χ1) is 17.3. The highest BCUT2D eigenvalue weighted by atomic mass is 32.2. The van der Waals surface area contributed by atoms with E-state index in [2.05, 4.69) is 29.4 Å². The van der Waals surface area contributed by atoms with Gasteiger partial charge in [-0.05, 0) is 42.7 Å². The Morgan fingerprint density at radius 3 is 2.61 bits per heavy atom. The number of H-pyrrole nitrogens is 1. The zero-order valence-electron chi connectivity index (χ0n) is 19.2. The Morgan fingerprint density at radius 1 is 1.08 bits per heavy atom. The van der Waals surface area contributed by atoms with E-state index in [9.17, 15) is 13.5 Å². The van der Waals surface area contributed by atoms with E-state index < -0.39 is 16.4 Å². The van der Waals surface area contributed by atoms with Crippen molar-refractivity contribution >= 4 is 27.3 Å². The van der Waals surface area contributed by atoms with Gasteiger partial charge in [0.1, 0.15) is 30.0 Å². The fourth-order valence-corrected chi connectivity index (χ4v) is 4.66. The maximum Gasteiger partial charge on any atom is 0.333 e. The Labute approximate surface area is 208 Å². The van der Waals surface area contributed by atoms with Crippen LogP contribution in [0.4, 0.5) is 5.82 Å². The first-order valence-corrected chi connectivity index (χ1v) is 12.9. The monoisotopic (exact) mass is 510 g/mol.